The number of piperidine rings is 1. The minimum atomic E-state index is -0.938. The minimum absolute atomic E-state index is 0.0615. The lowest BCUT2D eigenvalue weighted by Crippen LogP contribution is -2.42. The first kappa shape index (κ1) is 15.6. The summed E-state index contributed by atoms with van der Waals surface area (Å²) >= 11 is 0. The lowest BCUT2D eigenvalue weighted by Gasteiger charge is -2.38. The van der Waals surface area contributed by atoms with E-state index in [1.165, 1.54) is 4.57 Å². The topological polar surface area (TPSA) is 62.5 Å². The molecule has 1 aromatic heterocycles. The Balaban J connectivity index is 2.02. The summed E-state index contributed by atoms with van der Waals surface area (Å²) in [6.07, 6.45) is 3.66. The third kappa shape index (κ3) is 3.65. The highest BCUT2D eigenvalue weighted by Crippen LogP contribution is 2.34. The van der Waals surface area contributed by atoms with Gasteiger partial charge in [0.15, 0.2) is 0 Å². The quantitative estimate of drug-likeness (QED) is 0.931. The molecule has 116 valence electrons. The molecule has 1 amide bonds. The zero-order valence-corrected chi connectivity index (χ0v) is 13.0. The molecule has 2 rings (SSSR count). The van der Waals surface area contributed by atoms with E-state index < -0.39 is 5.97 Å². The average molecular weight is 292 g/mol. The number of carbonyl (C=O) groups is 2. The van der Waals surface area contributed by atoms with Crippen LogP contribution in [-0.4, -0.2) is 39.5 Å². The van der Waals surface area contributed by atoms with Gasteiger partial charge in [0.25, 0.3) is 5.91 Å². The molecule has 1 aliphatic rings. The molecular weight excluding hydrogens is 268 g/mol. The maximum absolute atomic E-state index is 12.5. The van der Waals surface area contributed by atoms with Crippen LogP contribution in [0.3, 0.4) is 0 Å². The number of nitrogens with zero attached hydrogens (tertiary/aromatic N) is 2. The lowest BCUT2D eigenvalue weighted by atomic mass is 9.75. The largest absolute Gasteiger partial charge is 0.480 e. The second-order valence-electron chi connectivity index (χ2n) is 6.85. The van der Waals surface area contributed by atoms with Crippen molar-refractivity contribution >= 4 is 11.9 Å². The van der Waals surface area contributed by atoms with Gasteiger partial charge in [-0.1, -0.05) is 20.8 Å². The Morgan fingerprint density at radius 2 is 1.90 bits per heavy atom. The zero-order chi connectivity index (χ0) is 15.6. The van der Waals surface area contributed by atoms with Gasteiger partial charge >= 0.3 is 5.97 Å². The van der Waals surface area contributed by atoms with Crippen LogP contribution in [0.15, 0.2) is 18.3 Å². The van der Waals surface area contributed by atoms with Gasteiger partial charge in [-0.25, -0.2) is 0 Å². The van der Waals surface area contributed by atoms with E-state index in [-0.39, 0.29) is 17.9 Å². The molecule has 1 aromatic rings. The maximum atomic E-state index is 12.5. The summed E-state index contributed by atoms with van der Waals surface area (Å²) < 4.78 is 1.50. The molecule has 21 heavy (non-hydrogen) atoms. The summed E-state index contributed by atoms with van der Waals surface area (Å²) in [5.74, 6) is -0.368. The van der Waals surface area contributed by atoms with E-state index in [0.29, 0.717) is 11.6 Å². The van der Waals surface area contributed by atoms with E-state index in [9.17, 15) is 9.59 Å². The fourth-order valence-corrected chi connectivity index (χ4v) is 3.00. The molecule has 5 nitrogen and oxygen atoms in total. The van der Waals surface area contributed by atoms with Gasteiger partial charge in [-0.2, -0.15) is 0 Å². The fraction of sp³-hybridized carbons (Fsp3) is 0.625. The number of hydrogen-bond acceptors (Lipinski definition) is 2. The average Bonchev–Trinajstić information content (AvgIpc) is 2.84. The normalized spacial score (nSPS) is 17.0. The number of hydrogen-bond donors (Lipinski definition) is 1. The van der Waals surface area contributed by atoms with Crippen molar-refractivity contribution in [2.45, 2.75) is 40.2 Å². The van der Waals surface area contributed by atoms with Gasteiger partial charge in [0.1, 0.15) is 12.2 Å². The summed E-state index contributed by atoms with van der Waals surface area (Å²) in [7, 11) is 0. The Labute approximate surface area is 125 Å². The summed E-state index contributed by atoms with van der Waals surface area (Å²) in [6.45, 7) is 8.05. The molecule has 1 N–H and O–H groups in total. The van der Waals surface area contributed by atoms with Crippen molar-refractivity contribution in [2.75, 3.05) is 13.1 Å². The van der Waals surface area contributed by atoms with Crippen molar-refractivity contribution in [1.82, 2.24) is 9.47 Å². The third-order valence-corrected chi connectivity index (χ3v) is 4.36. The summed E-state index contributed by atoms with van der Waals surface area (Å²) in [4.78, 5) is 25.2. The van der Waals surface area contributed by atoms with Crippen molar-refractivity contribution in [1.29, 1.82) is 0 Å². The Morgan fingerprint density at radius 3 is 2.43 bits per heavy atom. The minimum Gasteiger partial charge on any atom is -0.480 e. The van der Waals surface area contributed by atoms with Crippen molar-refractivity contribution in [3.8, 4) is 0 Å². The van der Waals surface area contributed by atoms with Gasteiger partial charge in [0.05, 0.1) is 0 Å². The van der Waals surface area contributed by atoms with Crippen LogP contribution < -0.4 is 0 Å². The van der Waals surface area contributed by atoms with Crippen LogP contribution in [0, 0.1) is 11.3 Å². The number of carbonyl (C=O) groups excluding carboxylic acids is 1. The molecule has 0 radical (unpaired) electrons. The highest BCUT2D eigenvalue weighted by molar-refractivity contribution is 5.93. The molecule has 0 bridgehead atoms. The molecule has 1 saturated heterocycles. The van der Waals surface area contributed by atoms with E-state index >= 15 is 0 Å². The molecule has 5 heteroatoms. The number of carboxylic acid groups (broad SMARTS) is 1. The van der Waals surface area contributed by atoms with Crippen LogP contribution in [0.4, 0.5) is 0 Å². The van der Waals surface area contributed by atoms with Crippen molar-refractivity contribution in [3.05, 3.63) is 24.0 Å². The molecule has 0 aliphatic carbocycles. The number of aromatic nitrogens is 1. The molecular formula is C16H24N2O3. The van der Waals surface area contributed by atoms with E-state index in [4.69, 9.17) is 5.11 Å². The van der Waals surface area contributed by atoms with E-state index in [1.807, 2.05) is 4.90 Å². The Morgan fingerprint density at radius 1 is 1.29 bits per heavy atom. The first-order chi connectivity index (χ1) is 9.79. The molecule has 1 fully saturated rings. The van der Waals surface area contributed by atoms with E-state index in [2.05, 4.69) is 20.8 Å². The molecule has 0 aromatic carbocycles. The number of amides is 1. The third-order valence-electron chi connectivity index (χ3n) is 4.36. The molecule has 0 saturated carbocycles. The molecule has 0 atom stereocenters. The monoisotopic (exact) mass is 292 g/mol. The van der Waals surface area contributed by atoms with Crippen LogP contribution in [-0.2, 0) is 11.3 Å². The summed E-state index contributed by atoms with van der Waals surface area (Å²) in [5, 5.41) is 8.88. The summed E-state index contributed by atoms with van der Waals surface area (Å²) in [6, 6.07) is 3.42. The Bertz CT molecular complexity index is 520. The van der Waals surface area contributed by atoms with Crippen LogP contribution in [0.25, 0.3) is 0 Å². The van der Waals surface area contributed by atoms with Crippen molar-refractivity contribution < 1.29 is 14.7 Å². The molecule has 0 spiro atoms. The summed E-state index contributed by atoms with van der Waals surface area (Å²) in [5.41, 5.74) is 0.741. The Kier molecular flexibility index (Phi) is 4.40. The maximum Gasteiger partial charge on any atom is 0.323 e. The number of aliphatic carboxylic acids is 1. The van der Waals surface area contributed by atoms with Gasteiger partial charge in [0.2, 0.25) is 0 Å². The van der Waals surface area contributed by atoms with Crippen LogP contribution in [0.2, 0.25) is 0 Å². The Hall–Kier alpha value is -1.78. The standard InChI is InChI=1S/C16H24N2O3/c1-16(2,3)12-6-9-17(10-7-12)15(21)13-5-4-8-18(13)11-14(19)20/h4-5,8,12H,6-7,9-11H2,1-3H3,(H,19,20). The predicted molar refractivity (Wildman–Crippen MR) is 80.2 cm³/mol. The first-order valence-electron chi connectivity index (χ1n) is 7.45. The van der Waals surface area contributed by atoms with Gasteiger partial charge in [-0.3, -0.25) is 9.59 Å². The number of carboxylic acids is 1. The molecule has 2 heterocycles. The SMILES string of the molecule is CC(C)(C)C1CCN(C(=O)c2cccn2CC(=O)O)CC1. The smallest absolute Gasteiger partial charge is 0.323 e. The first-order valence-corrected chi connectivity index (χ1v) is 7.45. The van der Waals surface area contributed by atoms with Crippen LogP contribution in [0.1, 0.15) is 44.1 Å². The second-order valence-corrected chi connectivity index (χ2v) is 6.85. The number of rotatable bonds is 3. The highest BCUT2D eigenvalue weighted by Gasteiger charge is 2.31. The van der Waals surface area contributed by atoms with Gasteiger partial charge in [-0.05, 0) is 36.3 Å². The van der Waals surface area contributed by atoms with Crippen LogP contribution in [0.5, 0.6) is 0 Å². The van der Waals surface area contributed by atoms with Crippen molar-refractivity contribution in [2.24, 2.45) is 11.3 Å². The van der Waals surface area contributed by atoms with Crippen LogP contribution >= 0.6 is 0 Å². The zero-order valence-electron chi connectivity index (χ0n) is 13.0. The fourth-order valence-electron chi connectivity index (χ4n) is 3.00. The van der Waals surface area contributed by atoms with Gasteiger partial charge in [-0.15, -0.1) is 0 Å². The van der Waals surface area contributed by atoms with Crippen molar-refractivity contribution in [3.63, 3.8) is 0 Å². The molecule has 1 aliphatic heterocycles. The van der Waals surface area contributed by atoms with E-state index in [0.717, 1.165) is 25.9 Å². The van der Waals surface area contributed by atoms with Gasteiger partial charge < -0.3 is 14.6 Å². The lowest BCUT2D eigenvalue weighted by molar-refractivity contribution is -0.137. The van der Waals surface area contributed by atoms with E-state index in [1.54, 1.807) is 18.3 Å². The highest BCUT2D eigenvalue weighted by atomic mass is 16.4. The van der Waals surface area contributed by atoms with Gasteiger partial charge in [0, 0.05) is 19.3 Å². The predicted octanol–water partition coefficient (Wildman–Crippen LogP) is 2.47. The second kappa shape index (κ2) is 5.92. The number of likely N-dealkylation sites (tertiary alicyclic amines) is 1. The molecule has 0 unspecified atom stereocenters.